The summed E-state index contributed by atoms with van der Waals surface area (Å²) in [6, 6.07) is 6.64. The van der Waals surface area contributed by atoms with Gasteiger partial charge in [0.1, 0.15) is 0 Å². The van der Waals surface area contributed by atoms with Crippen LogP contribution in [0.2, 0.25) is 0 Å². The number of rotatable bonds is 3. The van der Waals surface area contributed by atoms with E-state index in [9.17, 15) is 14.9 Å². The van der Waals surface area contributed by atoms with Crippen LogP contribution in [-0.4, -0.2) is 40.9 Å². The van der Waals surface area contributed by atoms with Gasteiger partial charge in [-0.1, -0.05) is 12.1 Å². The second kappa shape index (κ2) is 6.00. The highest BCUT2D eigenvalue weighted by atomic mass is 16.6. The van der Waals surface area contributed by atoms with Crippen LogP contribution in [0.25, 0.3) is 0 Å². The quantitative estimate of drug-likeness (QED) is 0.668. The predicted octanol–water partition coefficient (Wildman–Crippen LogP) is 1.35. The van der Waals surface area contributed by atoms with Crippen molar-refractivity contribution in [2.75, 3.05) is 13.1 Å². The Kier molecular flexibility index (Phi) is 4.34. The number of nitro groups is 1. The van der Waals surface area contributed by atoms with Gasteiger partial charge in [0.2, 0.25) is 5.91 Å². The number of nitro benzene ring substituents is 1. The van der Waals surface area contributed by atoms with Gasteiger partial charge in [-0.15, -0.1) is 0 Å². The van der Waals surface area contributed by atoms with Crippen LogP contribution in [0, 0.1) is 10.1 Å². The first kappa shape index (κ1) is 14.5. The normalized spacial score (nSPS) is 22.6. The van der Waals surface area contributed by atoms with E-state index in [2.05, 4.69) is 12.2 Å². The monoisotopic (exact) mass is 277 g/mol. The molecule has 1 fully saturated rings. The van der Waals surface area contributed by atoms with Crippen LogP contribution >= 0.6 is 0 Å². The summed E-state index contributed by atoms with van der Waals surface area (Å²) in [4.78, 5) is 24.3. The molecule has 1 amide bonds. The number of hydrogen-bond acceptors (Lipinski definition) is 4. The zero-order valence-corrected chi connectivity index (χ0v) is 11.7. The Bertz CT molecular complexity index is 501. The molecule has 0 spiro atoms. The summed E-state index contributed by atoms with van der Waals surface area (Å²) in [5, 5.41) is 13.9. The lowest BCUT2D eigenvalue weighted by Gasteiger charge is -2.37. The molecule has 108 valence electrons. The number of hydrogen-bond donors (Lipinski definition) is 1. The smallest absolute Gasteiger partial charge is 0.269 e. The predicted molar refractivity (Wildman–Crippen MR) is 75.4 cm³/mol. The molecule has 0 aliphatic carbocycles. The van der Waals surface area contributed by atoms with Gasteiger partial charge in [-0.3, -0.25) is 14.9 Å². The molecular weight excluding hydrogens is 258 g/mol. The Hall–Kier alpha value is -1.95. The van der Waals surface area contributed by atoms with Crippen molar-refractivity contribution in [2.45, 2.75) is 32.4 Å². The van der Waals surface area contributed by atoms with Crippen LogP contribution in [0.15, 0.2) is 24.3 Å². The standard InChI is InChI=1S/C14H19N3O3/c1-10-9-16(11(2)8-15-10)14(18)7-12-3-5-13(6-4-12)17(19)20/h3-6,10-11,15H,7-9H2,1-2H3. The van der Waals surface area contributed by atoms with Crippen LogP contribution in [-0.2, 0) is 11.2 Å². The van der Waals surface area contributed by atoms with Gasteiger partial charge < -0.3 is 10.2 Å². The Morgan fingerprint density at radius 2 is 2.05 bits per heavy atom. The fourth-order valence-corrected chi connectivity index (χ4v) is 2.38. The van der Waals surface area contributed by atoms with Gasteiger partial charge >= 0.3 is 0 Å². The Morgan fingerprint density at radius 1 is 1.40 bits per heavy atom. The van der Waals surface area contributed by atoms with Crippen molar-refractivity contribution >= 4 is 11.6 Å². The third-order valence-corrected chi connectivity index (χ3v) is 3.59. The summed E-state index contributed by atoms with van der Waals surface area (Å²) in [6.07, 6.45) is 0.287. The first-order chi connectivity index (χ1) is 9.47. The fraction of sp³-hybridized carbons (Fsp3) is 0.500. The van der Waals surface area contributed by atoms with E-state index in [1.165, 1.54) is 12.1 Å². The minimum absolute atomic E-state index is 0.0466. The van der Waals surface area contributed by atoms with Crippen LogP contribution < -0.4 is 5.32 Å². The van der Waals surface area contributed by atoms with Crippen molar-refractivity contribution in [3.8, 4) is 0 Å². The molecule has 0 aromatic heterocycles. The zero-order chi connectivity index (χ0) is 14.7. The van der Waals surface area contributed by atoms with Crippen molar-refractivity contribution in [3.63, 3.8) is 0 Å². The molecule has 6 heteroatoms. The molecular formula is C14H19N3O3. The average Bonchev–Trinajstić information content (AvgIpc) is 2.42. The number of piperazine rings is 1. The van der Waals surface area contributed by atoms with Crippen LogP contribution in [0.3, 0.4) is 0 Å². The molecule has 2 atom stereocenters. The number of nitrogens with zero attached hydrogens (tertiary/aromatic N) is 2. The SMILES string of the molecule is CC1CN(C(=O)Cc2ccc([N+](=O)[O-])cc2)C(C)CN1. The maximum absolute atomic E-state index is 12.3. The first-order valence-corrected chi connectivity index (χ1v) is 6.73. The van der Waals surface area contributed by atoms with E-state index in [1.807, 2.05) is 11.8 Å². The molecule has 1 heterocycles. The van der Waals surface area contributed by atoms with Crippen molar-refractivity contribution in [1.82, 2.24) is 10.2 Å². The third kappa shape index (κ3) is 3.33. The van der Waals surface area contributed by atoms with Gasteiger partial charge in [-0.2, -0.15) is 0 Å². The summed E-state index contributed by atoms with van der Waals surface area (Å²) in [7, 11) is 0. The molecule has 0 bridgehead atoms. The first-order valence-electron chi connectivity index (χ1n) is 6.73. The van der Waals surface area contributed by atoms with E-state index in [-0.39, 0.29) is 24.1 Å². The molecule has 0 saturated carbocycles. The van der Waals surface area contributed by atoms with E-state index >= 15 is 0 Å². The lowest BCUT2D eigenvalue weighted by atomic mass is 10.1. The van der Waals surface area contributed by atoms with Gasteiger partial charge in [-0.05, 0) is 19.4 Å². The molecule has 20 heavy (non-hydrogen) atoms. The van der Waals surface area contributed by atoms with Gasteiger partial charge in [0, 0.05) is 37.3 Å². The molecule has 2 unspecified atom stereocenters. The van der Waals surface area contributed by atoms with Gasteiger partial charge in [0.05, 0.1) is 11.3 Å². The molecule has 6 nitrogen and oxygen atoms in total. The zero-order valence-electron chi connectivity index (χ0n) is 11.7. The number of amides is 1. The lowest BCUT2D eigenvalue weighted by molar-refractivity contribution is -0.384. The third-order valence-electron chi connectivity index (χ3n) is 3.59. The molecule has 1 aromatic carbocycles. The van der Waals surface area contributed by atoms with Crippen LogP contribution in [0.1, 0.15) is 19.4 Å². The summed E-state index contributed by atoms with van der Waals surface area (Å²) < 4.78 is 0. The molecule has 2 rings (SSSR count). The largest absolute Gasteiger partial charge is 0.337 e. The summed E-state index contributed by atoms with van der Waals surface area (Å²) in [5.41, 5.74) is 0.851. The Balaban J connectivity index is 2.01. The average molecular weight is 277 g/mol. The van der Waals surface area contributed by atoms with E-state index < -0.39 is 4.92 Å². The van der Waals surface area contributed by atoms with Crippen LogP contribution in [0.4, 0.5) is 5.69 Å². The number of nitrogens with one attached hydrogen (secondary N) is 1. The van der Waals surface area contributed by atoms with Gasteiger partial charge in [0.15, 0.2) is 0 Å². The van der Waals surface area contributed by atoms with Gasteiger partial charge in [-0.25, -0.2) is 0 Å². The topological polar surface area (TPSA) is 75.5 Å². The summed E-state index contributed by atoms with van der Waals surface area (Å²) >= 11 is 0. The summed E-state index contributed by atoms with van der Waals surface area (Å²) in [6.45, 7) is 5.57. The minimum Gasteiger partial charge on any atom is -0.337 e. The maximum Gasteiger partial charge on any atom is 0.269 e. The molecule has 0 radical (unpaired) electrons. The highest BCUT2D eigenvalue weighted by Gasteiger charge is 2.26. The van der Waals surface area contributed by atoms with Crippen molar-refractivity contribution in [2.24, 2.45) is 0 Å². The second-order valence-electron chi connectivity index (χ2n) is 5.30. The van der Waals surface area contributed by atoms with Crippen LogP contribution in [0.5, 0.6) is 0 Å². The number of non-ortho nitro benzene ring substituents is 1. The molecule has 1 saturated heterocycles. The van der Waals surface area contributed by atoms with Gasteiger partial charge in [0.25, 0.3) is 5.69 Å². The van der Waals surface area contributed by atoms with E-state index in [0.717, 1.165) is 12.1 Å². The Morgan fingerprint density at radius 3 is 2.65 bits per heavy atom. The molecule has 1 aliphatic heterocycles. The minimum atomic E-state index is -0.439. The number of carbonyl (C=O) groups is 1. The molecule has 1 N–H and O–H groups in total. The lowest BCUT2D eigenvalue weighted by Crippen LogP contribution is -2.56. The number of carbonyl (C=O) groups excluding carboxylic acids is 1. The van der Waals surface area contributed by atoms with E-state index in [1.54, 1.807) is 12.1 Å². The fourth-order valence-electron chi connectivity index (χ4n) is 2.38. The maximum atomic E-state index is 12.3. The highest BCUT2D eigenvalue weighted by molar-refractivity contribution is 5.79. The summed E-state index contributed by atoms with van der Waals surface area (Å²) in [5.74, 6) is 0.0692. The van der Waals surface area contributed by atoms with Crippen molar-refractivity contribution < 1.29 is 9.72 Å². The van der Waals surface area contributed by atoms with Crippen molar-refractivity contribution in [1.29, 1.82) is 0 Å². The molecule has 1 aromatic rings. The Labute approximate surface area is 117 Å². The highest BCUT2D eigenvalue weighted by Crippen LogP contribution is 2.14. The van der Waals surface area contributed by atoms with Crippen molar-refractivity contribution in [3.05, 3.63) is 39.9 Å². The molecule has 1 aliphatic rings. The van der Waals surface area contributed by atoms with E-state index in [4.69, 9.17) is 0 Å². The number of benzene rings is 1. The second-order valence-corrected chi connectivity index (χ2v) is 5.30. The van der Waals surface area contributed by atoms with E-state index in [0.29, 0.717) is 12.6 Å².